The summed E-state index contributed by atoms with van der Waals surface area (Å²) in [4.78, 5) is 11.9. The van der Waals surface area contributed by atoms with E-state index in [0.717, 1.165) is 5.76 Å². The molecule has 1 N–H and O–H groups in total. The maximum Gasteiger partial charge on any atom is 0.261 e. The molecule has 0 fully saturated rings. The average Bonchev–Trinajstić information content (AvgIpc) is 2.90. The van der Waals surface area contributed by atoms with Gasteiger partial charge in [-0.15, -0.1) is 0 Å². The molecule has 1 aromatic carbocycles. The monoisotopic (exact) mass is 391 g/mol. The van der Waals surface area contributed by atoms with Crippen molar-refractivity contribution in [1.82, 2.24) is 5.32 Å². The van der Waals surface area contributed by atoms with Crippen LogP contribution in [0.5, 0.6) is 0 Å². The molecular weight excluding hydrogens is 382 g/mol. The van der Waals surface area contributed by atoms with Crippen LogP contribution in [0.25, 0.3) is 0 Å². The molecule has 1 heterocycles. The predicted molar refractivity (Wildman–Crippen MR) is 81.9 cm³/mol. The summed E-state index contributed by atoms with van der Waals surface area (Å²) in [5, 5.41) is 2.69. The zero-order valence-corrected chi connectivity index (χ0v) is 13.8. The Labute approximate surface area is 134 Å². The number of furan rings is 1. The van der Waals surface area contributed by atoms with Crippen molar-refractivity contribution < 1.29 is 17.6 Å². The van der Waals surface area contributed by atoms with E-state index in [-0.39, 0.29) is 16.4 Å². The molecule has 1 aromatic heterocycles. The quantitative estimate of drug-likeness (QED) is 0.794. The highest BCUT2D eigenvalue weighted by Gasteiger charge is 2.15. The lowest BCUT2D eigenvalue weighted by Crippen LogP contribution is -2.25. The lowest BCUT2D eigenvalue weighted by molar-refractivity contribution is 0.0953. The molecule has 8 heteroatoms. The van der Waals surface area contributed by atoms with Crippen LogP contribution in [-0.4, -0.2) is 20.9 Å². The number of halogens is 2. The van der Waals surface area contributed by atoms with Gasteiger partial charge in [0.2, 0.25) is 0 Å². The van der Waals surface area contributed by atoms with Crippen LogP contribution in [0.4, 0.5) is 0 Å². The van der Waals surface area contributed by atoms with Crippen LogP contribution in [0.2, 0.25) is 0 Å². The number of hydrogen-bond donors (Lipinski definition) is 1. The van der Waals surface area contributed by atoms with Crippen LogP contribution in [0.15, 0.2) is 50.4 Å². The van der Waals surface area contributed by atoms with Crippen molar-refractivity contribution >= 4 is 41.6 Å². The van der Waals surface area contributed by atoms with Gasteiger partial charge in [0.05, 0.1) is 11.2 Å². The maximum atomic E-state index is 12.0. The fourth-order valence-corrected chi connectivity index (χ4v) is 3.14. The van der Waals surface area contributed by atoms with Crippen molar-refractivity contribution in [2.24, 2.45) is 0 Å². The molecule has 0 unspecified atom stereocenters. The van der Waals surface area contributed by atoms with Crippen LogP contribution in [0, 0.1) is 0 Å². The van der Waals surface area contributed by atoms with Gasteiger partial charge in [-0.2, -0.15) is 0 Å². The smallest absolute Gasteiger partial charge is 0.261 e. The Bertz CT molecular complexity index is 744. The van der Waals surface area contributed by atoms with Crippen molar-refractivity contribution in [3.8, 4) is 0 Å². The van der Waals surface area contributed by atoms with Crippen LogP contribution >= 0.6 is 26.6 Å². The first-order valence-electron chi connectivity index (χ1n) is 5.92. The van der Waals surface area contributed by atoms with E-state index in [2.05, 4.69) is 21.2 Å². The van der Waals surface area contributed by atoms with Crippen molar-refractivity contribution in [2.45, 2.75) is 11.3 Å². The summed E-state index contributed by atoms with van der Waals surface area (Å²) in [5.41, 5.74) is 0.211. The summed E-state index contributed by atoms with van der Waals surface area (Å²) in [6, 6.07) is 7.66. The third kappa shape index (κ3) is 4.59. The van der Waals surface area contributed by atoms with E-state index in [1.165, 1.54) is 18.2 Å². The highest BCUT2D eigenvalue weighted by atomic mass is 79.9. The lowest BCUT2D eigenvalue weighted by atomic mass is 10.2. The molecule has 5 nitrogen and oxygen atoms in total. The highest BCUT2D eigenvalue weighted by Crippen LogP contribution is 2.22. The Kier molecular flexibility index (Phi) is 5.08. The van der Waals surface area contributed by atoms with Crippen LogP contribution in [-0.2, 0) is 15.5 Å². The molecular formula is C13H11BrClNO4S. The molecule has 0 bridgehead atoms. The van der Waals surface area contributed by atoms with Crippen LogP contribution < -0.4 is 5.32 Å². The van der Waals surface area contributed by atoms with Gasteiger partial charge in [0, 0.05) is 33.7 Å². The lowest BCUT2D eigenvalue weighted by Gasteiger charge is -2.06. The Balaban J connectivity index is 2.07. The summed E-state index contributed by atoms with van der Waals surface area (Å²) in [6.45, 7) is 0.377. The molecule has 21 heavy (non-hydrogen) atoms. The normalized spacial score (nSPS) is 11.3. The number of carbonyl (C=O) groups is 1. The first-order chi connectivity index (χ1) is 9.86. The van der Waals surface area contributed by atoms with Gasteiger partial charge in [-0.25, -0.2) is 8.42 Å². The summed E-state index contributed by atoms with van der Waals surface area (Å²) in [6.07, 6.45) is 2.11. The standard InChI is InChI=1S/C13H11BrClNO4S/c14-10-6-9(7-12(8-10)21(15,18)19)13(17)16-4-3-11-2-1-5-20-11/h1-2,5-8H,3-4H2,(H,16,17). The predicted octanol–water partition coefficient (Wildman–Crippen LogP) is 2.94. The zero-order chi connectivity index (χ0) is 15.5. The Morgan fingerprint density at radius 1 is 1.33 bits per heavy atom. The van der Waals surface area contributed by atoms with Crippen molar-refractivity contribution in [3.05, 3.63) is 52.4 Å². The highest BCUT2D eigenvalue weighted by molar-refractivity contribution is 9.10. The van der Waals surface area contributed by atoms with Gasteiger partial charge < -0.3 is 9.73 Å². The molecule has 0 aliphatic heterocycles. The van der Waals surface area contributed by atoms with Gasteiger partial charge in [0.1, 0.15) is 5.76 Å². The second-order valence-corrected chi connectivity index (χ2v) is 7.68. The molecule has 0 aliphatic rings. The summed E-state index contributed by atoms with van der Waals surface area (Å²) in [5.74, 6) is 0.373. The molecule has 0 spiro atoms. The Morgan fingerprint density at radius 3 is 2.71 bits per heavy atom. The van der Waals surface area contributed by atoms with E-state index < -0.39 is 9.05 Å². The number of hydrogen-bond acceptors (Lipinski definition) is 4. The topological polar surface area (TPSA) is 76.4 Å². The third-order valence-corrected chi connectivity index (χ3v) is 4.44. The molecule has 2 aromatic rings. The largest absolute Gasteiger partial charge is 0.469 e. The maximum absolute atomic E-state index is 12.0. The second kappa shape index (κ2) is 6.64. The molecule has 0 atom stereocenters. The number of amides is 1. The van der Waals surface area contributed by atoms with Crippen LogP contribution in [0.1, 0.15) is 16.1 Å². The second-order valence-electron chi connectivity index (χ2n) is 4.20. The van der Waals surface area contributed by atoms with Gasteiger partial charge in [-0.3, -0.25) is 4.79 Å². The molecule has 2 rings (SSSR count). The fraction of sp³-hybridized carbons (Fsp3) is 0.154. The fourth-order valence-electron chi connectivity index (χ4n) is 1.69. The van der Waals surface area contributed by atoms with Gasteiger partial charge in [-0.05, 0) is 30.3 Å². The Hall–Kier alpha value is -1.31. The minimum Gasteiger partial charge on any atom is -0.469 e. The molecule has 0 aliphatic carbocycles. The van der Waals surface area contributed by atoms with Gasteiger partial charge >= 0.3 is 0 Å². The third-order valence-electron chi connectivity index (χ3n) is 2.65. The van der Waals surface area contributed by atoms with Gasteiger partial charge in [0.25, 0.3) is 15.0 Å². The zero-order valence-electron chi connectivity index (χ0n) is 10.7. The molecule has 0 saturated heterocycles. The van der Waals surface area contributed by atoms with Crippen molar-refractivity contribution in [3.63, 3.8) is 0 Å². The SMILES string of the molecule is O=C(NCCc1ccco1)c1cc(Br)cc(S(=O)(=O)Cl)c1. The van der Waals surface area contributed by atoms with E-state index >= 15 is 0 Å². The van der Waals surface area contributed by atoms with Gasteiger partial charge in [-0.1, -0.05) is 15.9 Å². The van der Waals surface area contributed by atoms with Crippen molar-refractivity contribution in [2.75, 3.05) is 6.54 Å². The minimum atomic E-state index is -3.89. The molecule has 1 amide bonds. The summed E-state index contributed by atoms with van der Waals surface area (Å²) < 4.78 is 28.3. The van der Waals surface area contributed by atoms with Gasteiger partial charge in [0.15, 0.2) is 0 Å². The number of benzene rings is 1. The number of carbonyl (C=O) groups excluding carboxylic acids is 1. The number of nitrogens with one attached hydrogen (secondary N) is 1. The molecule has 0 saturated carbocycles. The van der Waals surface area contributed by atoms with Crippen molar-refractivity contribution in [1.29, 1.82) is 0 Å². The van der Waals surface area contributed by atoms with E-state index in [0.29, 0.717) is 17.4 Å². The first kappa shape index (κ1) is 16.1. The average molecular weight is 393 g/mol. The minimum absolute atomic E-state index is 0.130. The van der Waals surface area contributed by atoms with E-state index in [4.69, 9.17) is 15.1 Å². The van der Waals surface area contributed by atoms with Crippen LogP contribution in [0.3, 0.4) is 0 Å². The van der Waals surface area contributed by atoms with E-state index in [1.807, 2.05) is 6.07 Å². The van der Waals surface area contributed by atoms with E-state index in [1.54, 1.807) is 12.3 Å². The molecule has 0 radical (unpaired) electrons. The molecule has 112 valence electrons. The number of rotatable bonds is 5. The van der Waals surface area contributed by atoms with E-state index in [9.17, 15) is 13.2 Å². The first-order valence-corrected chi connectivity index (χ1v) is 9.02. The summed E-state index contributed by atoms with van der Waals surface area (Å²) >= 11 is 3.16. The Morgan fingerprint density at radius 2 is 2.10 bits per heavy atom. The summed E-state index contributed by atoms with van der Waals surface area (Å²) in [7, 11) is 1.40.